The smallest absolute Gasteiger partial charge is 0.330 e. The molecule has 2 aliphatic heterocycles. The summed E-state index contributed by atoms with van der Waals surface area (Å²) in [5.74, 6) is -1.70. The second-order valence-electron chi connectivity index (χ2n) is 13.0. The molecule has 56 heavy (non-hydrogen) atoms. The highest BCUT2D eigenvalue weighted by molar-refractivity contribution is 5.88. The lowest BCUT2D eigenvalue weighted by Crippen LogP contribution is -2.63. The summed E-state index contributed by atoms with van der Waals surface area (Å²) < 4.78 is 39.2. The lowest BCUT2D eigenvalue weighted by molar-refractivity contribution is -0.342. The molecule has 1 aromatic heterocycles. The van der Waals surface area contributed by atoms with E-state index in [4.69, 9.17) is 32.8 Å². The van der Waals surface area contributed by atoms with Crippen LogP contribution in [0, 0.1) is 0 Å². The van der Waals surface area contributed by atoms with Crippen molar-refractivity contribution in [3.05, 3.63) is 82.0 Å². The van der Waals surface area contributed by atoms with Gasteiger partial charge in [-0.05, 0) is 48.0 Å². The number of aliphatic hydroxyl groups is 6. The average Bonchev–Trinajstić information content (AvgIpc) is 3.19. The monoisotopic (exact) mass is 784 g/mol. The maximum atomic E-state index is 13.5. The summed E-state index contributed by atoms with van der Waals surface area (Å²) in [7, 11) is 2.57. The molecule has 3 aromatic carbocycles. The number of carbonyl (C=O) groups is 1. The van der Waals surface area contributed by atoms with E-state index < -0.39 is 91.6 Å². The molecule has 300 valence electrons. The van der Waals surface area contributed by atoms with Crippen LogP contribution < -0.4 is 14.9 Å². The summed E-state index contributed by atoms with van der Waals surface area (Å²) in [6.45, 7) is -1.50. The molecule has 4 aromatic rings. The average molecular weight is 785 g/mol. The van der Waals surface area contributed by atoms with Gasteiger partial charge in [0.15, 0.2) is 23.2 Å². The Balaban J connectivity index is 1.28. The SMILES string of the molecule is COc1cc(/C=C\C(=O)OC[C@H]2O[C@@H](O[C@@H]3[C@H](O)[C@H](O)[C@@H](CO)O[C@H]3c3c(OC)cc4oc(-c5ccc(O)cc5)cc(=O)c4c3O)[C@H](O)[C@H](O)[C@@H]2O)ccc1O. The molecule has 9 N–H and O–H groups in total. The fourth-order valence-corrected chi connectivity index (χ4v) is 6.48. The summed E-state index contributed by atoms with van der Waals surface area (Å²) in [5.41, 5.74) is -0.256. The van der Waals surface area contributed by atoms with Gasteiger partial charge in [-0.3, -0.25) is 4.79 Å². The van der Waals surface area contributed by atoms with Crippen molar-refractivity contribution >= 4 is 23.0 Å². The summed E-state index contributed by atoms with van der Waals surface area (Å²) in [6, 6.07) is 12.5. The molecule has 2 saturated heterocycles. The van der Waals surface area contributed by atoms with Crippen LogP contribution in [0.3, 0.4) is 0 Å². The summed E-state index contributed by atoms with van der Waals surface area (Å²) in [4.78, 5) is 26.0. The first-order valence-corrected chi connectivity index (χ1v) is 17.1. The Morgan fingerprint density at radius 2 is 1.50 bits per heavy atom. The topological polar surface area (TPSA) is 285 Å². The van der Waals surface area contributed by atoms with Crippen molar-refractivity contribution in [2.45, 2.75) is 61.2 Å². The number of methoxy groups -OCH3 is 2. The number of aliphatic hydroxyl groups excluding tert-OH is 6. The van der Waals surface area contributed by atoms with Gasteiger partial charge in [0, 0.05) is 23.8 Å². The fourth-order valence-electron chi connectivity index (χ4n) is 6.48. The van der Waals surface area contributed by atoms with E-state index in [1.54, 1.807) is 0 Å². The van der Waals surface area contributed by atoms with Gasteiger partial charge in [0.1, 0.15) is 95.5 Å². The Morgan fingerprint density at radius 1 is 0.804 bits per heavy atom. The van der Waals surface area contributed by atoms with Crippen LogP contribution in [-0.2, 0) is 23.7 Å². The molecular weight excluding hydrogens is 744 g/mol. The highest BCUT2D eigenvalue weighted by Crippen LogP contribution is 2.46. The van der Waals surface area contributed by atoms with Gasteiger partial charge in [0.05, 0.1) is 26.4 Å². The first-order chi connectivity index (χ1) is 26.8. The summed E-state index contributed by atoms with van der Waals surface area (Å²) in [6.07, 6.45) is -15.5. The van der Waals surface area contributed by atoms with E-state index in [0.29, 0.717) is 11.1 Å². The molecule has 6 rings (SSSR count). The summed E-state index contributed by atoms with van der Waals surface area (Å²) in [5, 5.41) is 95.2. The van der Waals surface area contributed by atoms with Gasteiger partial charge in [-0.15, -0.1) is 0 Å². The second-order valence-corrected chi connectivity index (χ2v) is 13.0. The van der Waals surface area contributed by atoms with E-state index in [2.05, 4.69) is 0 Å². The number of hydrogen-bond acceptors (Lipinski definition) is 18. The third kappa shape index (κ3) is 8.01. The normalized spacial score (nSPS) is 28.0. The minimum absolute atomic E-state index is 0.0214. The number of aromatic hydroxyl groups is 3. The molecule has 0 bridgehead atoms. The van der Waals surface area contributed by atoms with Crippen molar-refractivity contribution in [3.8, 4) is 40.1 Å². The van der Waals surface area contributed by atoms with Crippen molar-refractivity contribution in [2.75, 3.05) is 27.4 Å². The Bertz CT molecular complexity index is 2110. The molecule has 2 aliphatic rings. The van der Waals surface area contributed by atoms with Crippen molar-refractivity contribution < 1.29 is 83.6 Å². The van der Waals surface area contributed by atoms with E-state index in [9.17, 15) is 55.5 Å². The molecule has 18 heteroatoms. The minimum Gasteiger partial charge on any atom is -0.508 e. The zero-order valence-corrected chi connectivity index (χ0v) is 29.7. The zero-order chi connectivity index (χ0) is 40.4. The van der Waals surface area contributed by atoms with E-state index in [0.717, 1.165) is 12.1 Å². The molecule has 0 saturated carbocycles. The molecule has 0 radical (unpaired) electrons. The van der Waals surface area contributed by atoms with Crippen molar-refractivity contribution in [1.29, 1.82) is 0 Å². The van der Waals surface area contributed by atoms with Gasteiger partial charge in [-0.2, -0.15) is 0 Å². The molecule has 2 fully saturated rings. The molecule has 0 aliphatic carbocycles. The van der Waals surface area contributed by atoms with E-state index in [1.807, 2.05) is 0 Å². The zero-order valence-electron chi connectivity index (χ0n) is 29.7. The van der Waals surface area contributed by atoms with Gasteiger partial charge in [-0.25, -0.2) is 4.79 Å². The number of rotatable bonds is 11. The van der Waals surface area contributed by atoms with Crippen LogP contribution in [0.15, 0.2) is 69.9 Å². The van der Waals surface area contributed by atoms with Crippen LogP contribution in [0.4, 0.5) is 0 Å². The van der Waals surface area contributed by atoms with Gasteiger partial charge in [0.2, 0.25) is 0 Å². The Morgan fingerprint density at radius 3 is 2.18 bits per heavy atom. The maximum absolute atomic E-state index is 13.5. The van der Waals surface area contributed by atoms with Crippen LogP contribution in [-0.4, -0.2) is 134 Å². The van der Waals surface area contributed by atoms with Gasteiger partial charge < -0.3 is 78.8 Å². The largest absolute Gasteiger partial charge is 0.508 e. The molecule has 3 heterocycles. The number of carbonyl (C=O) groups excluding carboxylic acids is 1. The van der Waals surface area contributed by atoms with Crippen LogP contribution in [0.25, 0.3) is 28.4 Å². The van der Waals surface area contributed by atoms with Gasteiger partial charge >= 0.3 is 5.97 Å². The molecule has 10 atom stereocenters. The lowest BCUT2D eigenvalue weighted by atomic mass is 9.89. The molecular formula is C38H40O18. The first-order valence-electron chi connectivity index (χ1n) is 17.1. The number of esters is 1. The fraction of sp³-hybridized carbons (Fsp3) is 0.368. The maximum Gasteiger partial charge on any atom is 0.330 e. The van der Waals surface area contributed by atoms with Gasteiger partial charge in [-0.1, -0.05) is 6.07 Å². The number of benzene rings is 3. The Hall–Kier alpha value is -5.28. The Kier molecular flexibility index (Phi) is 12.1. The number of fused-ring (bicyclic) bond motifs is 1. The molecule has 0 unspecified atom stereocenters. The second kappa shape index (κ2) is 16.8. The number of hydrogen-bond donors (Lipinski definition) is 9. The predicted octanol–water partition coefficient (Wildman–Crippen LogP) is 0.197. The van der Waals surface area contributed by atoms with Crippen molar-refractivity contribution in [2.24, 2.45) is 0 Å². The highest BCUT2D eigenvalue weighted by Gasteiger charge is 2.52. The van der Waals surface area contributed by atoms with Crippen LogP contribution in [0.1, 0.15) is 17.2 Å². The van der Waals surface area contributed by atoms with E-state index in [1.165, 1.54) is 68.8 Å². The predicted molar refractivity (Wildman–Crippen MR) is 191 cm³/mol. The summed E-state index contributed by atoms with van der Waals surface area (Å²) >= 11 is 0. The minimum atomic E-state index is -2.00. The van der Waals surface area contributed by atoms with Crippen molar-refractivity contribution in [3.63, 3.8) is 0 Å². The van der Waals surface area contributed by atoms with E-state index >= 15 is 0 Å². The molecule has 0 amide bonds. The van der Waals surface area contributed by atoms with Crippen molar-refractivity contribution in [1.82, 2.24) is 0 Å². The van der Waals surface area contributed by atoms with Crippen LogP contribution in [0.2, 0.25) is 0 Å². The van der Waals surface area contributed by atoms with Crippen LogP contribution in [0.5, 0.6) is 28.7 Å². The number of ether oxygens (including phenoxy) is 6. The molecule has 18 nitrogen and oxygen atoms in total. The van der Waals surface area contributed by atoms with Gasteiger partial charge in [0.25, 0.3) is 0 Å². The lowest BCUT2D eigenvalue weighted by Gasteiger charge is -2.46. The van der Waals surface area contributed by atoms with Crippen LogP contribution >= 0.6 is 0 Å². The third-order valence-corrected chi connectivity index (χ3v) is 9.48. The van der Waals surface area contributed by atoms with E-state index in [-0.39, 0.29) is 45.3 Å². The highest BCUT2D eigenvalue weighted by atomic mass is 16.7. The number of phenolic OH excluding ortho intramolecular Hbond substituents is 3. The molecule has 0 spiro atoms. The number of phenols is 3. The quantitative estimate of drug-likeness (QED) is 0.0725. The first kappa shape index (κ1) is 40.4. The Labute approximate surface area is 317 Å². The standard InChI is InChI=1S/C38H40O18/c1-50-22-11-16(3-9-19(22)41)4-10-27(43)52-15-26-31(45)33(47)35(49)38(55-26)56-37-34(48)30(44)25(14-39)54-36(37)29-23(51-2)13-24-28(32(29)46)20(42)12-21(53-24)17-5-7-18(40)8-6-17/h3-13,25-26,30-31,33-41,44-49H,14-15H2,1-2H3/b10-4-/t25-,26-,30-,31-,33-,34-,35-,36+,37-,38+/m1/s1. The third-order valence-electron chi connectivity index (χ3n) is 9.48.